The standard InChI is InChI=1S/C14H17ClFN3O/c1-8(2)17-14(20)9(3)19-12-6-10(16)4-5-11(12)18-13(19)7-15/h4-6,8-9H,7H2,1-3H3,(H,17,20). The number of alkyl halides is 1. The molecule has 20 heavy (non-hydrogen) atoms. The van der Waals surface area contributed by atoms with E-state index >= 15 is 0 Å². The largest absolute Gasteiger partial charge is 0.352 e. The van der Waals surface area contributed by atoms with Gasteiger partial charge in [0.15, 0.2) is 0 Å². The van der Waals surface area contributed by atoms with Crippen molar-refractivity contribution in [2.75, 3.05) is 0 Å². The molecule has 1 amide bonds. The highest BCUT2D eigenvalue weighted by Crippen LogP contribution is 2.23. The Bertz CT molecular complexity index is 639. The van der Waals surface area contributed by atoms with Crippen LogP contribution in [0.15, 0.2) is 18.2 Å². The number of halogens is 2. The van der Waals surface area contributed by atoms with Gasteiger partial charge in [0.25, 0.3) is 0 Å². The van der Waals surface area contributed by atoms with Crippen LogP contribution in [0.5, 0.6) is 0 Å². The molecular weight excluding hydrogens is 281 g/mol. The zero-order valence-corrected chi connectivity index (χ0v) is 12.4. The normalized spacial score (nSPS) is 12.9. The molecule has 0 fully saturated rings. The Balaban J connectivity index is 2.50. The average Bonchev–Trinajstić information content (AvgIpc) is 2.74. The molecule has 2 aromatic rings. The predicted molar refractivity (Wildman–Crippen MR) is 77.2 cm³/mol. The van der Waals surface area contributed by atoms with Crippen LogP contribution in [0.2, 0.25) is 0 Å². The van der Waals surface area contributed by atoms with Crippen molar-refractivity contribution < 1.29 is 9.18 Å². The summed E-state index contributed by atoms with van der Waals surface area (Å²) >= 11 is 5.89. The van der Waals surface area contributed by atoms with E-state index in [0.717, 1.165) is 0 Å². The number of carbonyl (C=O) groups is 1. The summed E-state index contributed by atoms with van der Waals surface area (Å²) in [6.07, 6.45) is 0. The Kier molecular flexibility index (Phi) is 4.28. The maximum atomic E-state index is 13.4. The van der Waals surface area contributed by atoms with Crippen LogP contribution in [-0.4, -0.2) is 21.5 Å². The zero-order chi connectivity index (χ0) is 14.9. The van der Waals surface area contributed by atoms with Crippen molar-refractivity contribution in [1.29, 1.82) is 0 Å². The number of carbonyl (C=O) groups excluding carboxylic acids is 1. The maximum Gasteiger partial charge on any atom is 0.243 e. The number of fused-ring (bicyclic) bond motifs is 1. The van der Waals surface area contributed by atoms with Crippen LogP contribution < -0.4 is 5.32 Å². The van der Waals surface area contributed by atoms with Crippen LogP contribution in [0.4, 0.5) is 4.39 Å². The zero-order valence-electron chi connectivity index (χ0n) is 11.7. The van der Waals surface area contributed by atoms with Crippen molar-refractivity contribution in [1.82, 2.24) is 14.9 Å². The number of rotatable bonds is 4. The number of hydrogen-bond donors (Lipinski definition) is 1. The lowest BCUT2D eigenvalue weighted by Gasteiger charge is -2.18. The van der Waals surface area contributed by atoms with Crippen molar-refractivity contribution in [2.45, 2.75) is 38.7 Å². The van der Waals surface area contributed by atoms with Crippen LogP contribution in [0, 0.1) is 5.82 Å². The van der Waals surface area contributed by atoms with Crippen LogP contribution in [0.1, 0.15) is 32.6 Å². The first-order chi connectivity index (χ1) is 9.43. The van der Waals surface area contributed by atoms with Crippen molar-refractivity contribution in [3.8, 4) is 0 Å². The number of nitrogens with zero attached hydrogens (tertiary/aromatic N) is 2. The second-order valence-corrected chi connectivity index (χ2v) is 5.27. The van der Waals surface area contributed by atoms with Gasteiger partial charge < -0.3 is 9.88 Å². The highest BCUT2D eigenvalue weighted by atomic mass is 35.5. The van der Waals surface area contributed by atoms with Gasteiger partial charge in [0.2, 0.25) is 5.91 Å². The molecule has 0 aliphatic carbocycles. The molecule has 0 aliphatic heterocycles. The van der Waals surface area contributed by atoms with Crippen molar-refractivity contribution in [2.24, 2.45) is 0 Å². The predicted octanol–water partition coefficient (Wildman–Crippen LogP) is 3.00. The van der Waals surface area contributed by atoms with Crippen LogP contribution in [-0.2, 0) is 10.7 Å². The Hall–Kier alpha value is -1.62. The molecule has 1 aromatic carbocycles. The fraction of sp³-hybridized carbons (Fsp3) is 0.429. The quantitative estimate of drug-likeness (QED) is 0.882. The number of imidazole rings is 1. The molecule has 1 unspecified atom stereocenters. The summed E-state index contributed by atoms with van der Waals surface area (Å²) in [6, 6.07) is 3.84. The van der Waals surface area contributed by atoms with Gasteiger partial charge in [-0.15, -0.1) is 11.6 Å². The Morgan fingerprint density at radius 2 is 2.15 bits per heavy atom. The highest BCUT2D eigenvalue weighted by Gasteiger charge is 2.21. The average molecular weight is 298 g/mol. The summed E-state index contributed by atoms with van der Waals surface area (Å²) in [7, 11) is 0. The molecule has 1 atom stereocenters. The molecule has 0 spiro atoms. The summed E-state index contributed by atoms with van der Waals surface area (Å²) in [5, 5.41) is 2.84. The monoisotopic (exact) mass is 297 g/mol. The molecule has 108 valence electrons. The Morgan fingerprint density at radius 3 is 2.75 bits per heavy atom. The second kappa shape index (κ2) is 5.79. The smallest absolute Gasteiger partial charge is 0.243 e. The van der Waals surface area contributed by atoms with Gasteiger partial charge in [0, 0.05) is 6.04 Å². The van der Waals surface area contributed by atoms with Crippen LogP contribution in [0.25, 0.3) is 11.0 Å². The third-order valence-electron chi connectivity index (χ3n) is 3.04. The number of nitrogens with one attached hydrogen (secondary N) is 1. The van der Waals surface area contributed by atoms with E-state index in [2.05, 4.69) is 10.3 Å². The van der Waals surface area contributed by atoms with E-state index in [1.165, 1.54) is 12.1 Å². The minimum atomic E-state index is -0.502. The topological polar surface area (TPSA) is 46.9 Å². The molecule has 1 heterocycles. The number of hydrogen-bond acceptors (Lipinski definition) is 2. The van der Waals surface area contributed by atoms with Gasteiger partial charge in [-0.05, 0) is 39.0 Å². The summed E-state index contributed by atoms with van der Waals surface area (Å²) in [4.78, 5) is 16.5. The summed E-state index contributed by atoms with van der Waals surface area (Å²) in [5.74, 6) is 0.208. The lowest BCUT2D eigenvalue weighted by Crippen LogP contribution is -2.36. The minimum Gasteiger partial charge on any atom is -0.352 e. The number of aromatic nitrogens is 2. The fourth-order valence-electron chi connectivity index (χ4n) is 2.16. The van der Waals surface area contributed by atoms with E-state index in [-0.39, 0.29) is 23.6 Å². The first-order valence-corrected chi connectivity index (χ1v) is 7.00. The molecule has 6 heteroatoms. The minimum absolute atomic E-state index is 0.0379. The van der Waals surface area contributed by atoms with E-state index in [1.807, 2.05) is 13.8 Å². The highest BCUT2D eigenvalue weighted by molar-refractivity contribution is 6.16. The first-order valence-electron chi connectivity index (χ1n) is 6.46. The van der Waals surface area contributed by atoms with Gasteiger partial charge in [0.05, 0.1) is 16.9 Å². The van der Waals surface area contributed by atoms with Crippen molar-refractivity contribution >= 4 is 28.5 Å². The Morgan fingerprint density at radius 1 is 1.45 bits per heavy atom. The van der Waals surface area contributed by atoms with Crippen molar-refractivity contribution in [3.63, 3.8) is 0 Å². The van der Waals surface area contributed by atoms with E-state index in [4.69, 9.17) is 11.6 Å². The SMILES string of the molecule is CC(C)NC(=O)C(C)n1c(CCl)nc2ccc(F)cc21. The molecule has 1 N–H and O–H groups in total. The van der Waals surface area contributed by atoms with Gasteiger partial charge in [-0.25, -0.2) is 9.37 Å². The molecule has 0 radical (unpaired) electrons. The molecule has 0 bridgehead atoms. The van der Waals surface area contributed by atoms with Gasteiger partial charge in [0.1, 0.15) is 17.7 Å². The molecular formula is C14H17ClFN3O. The molecule has 0 saturated heterocycles. The third kappa shape index (κ3) is 2.77. The molecule has 0 aliphatic rings. The van der Waals surface area contributed by atoms with Crippen molar-refractivity contribution in [3.05, 3.63) is 29.8 Å². The van der Waals surface area contributed by atoms with Gasteiger partial charge >= 0.3 is 0 Å². The van der Waals surface area contributed by atoms with E-state index < -0.39 is 6.04 Å². The number of amides is 1. The summed E-state index contributed by atoms with van der Waals surface area (Å²) < 4.78 is 15.1. The van der Waals surface area contributed by atoms with Crippen LogP contribution in [0.3, 0.4) is 0 Å². The molecule has 0 saturated carbocycles. The lowest BCUT2D eigenvalue weighted by molar-refractivity contribution is -0.124. The first kappa shape index (κ1) is 14.8. The summed E-state index contributed by atoms with van der Waals surface area (Å²) in [6.45, 7) is 5.53. The van der Waals surface area contributed by atoms with Gasteiger partial charge in [-0.2, -0.15) is 0 Å². The lowest BCUT2D eigenvalue weighted by atomic mass is 10.2. The fourth-order valence-corrected chi connectivity index (χ4v) is 2.35. The Labute approximate surface area is 121 Å². The van der Waals surface area contributed by atoms with E-state index in [1.54, 1.807) is 17.6 Å². The van der Waals surface area contributed by atoms with E-state index in [9.17, 15) is 9.18 Å². The number of benzene rings is 1. The second-order valence-electron chi connectivity index (χ2n) is 5.00. The molecule has 2 rings (SSSR count). The van der Waals surface area contributed by atoms with E-state index in [0.29, 0.717) is 16.9 Å². The maximum absolute atomic E-state index is 13.4. The van der Waals surface area contributed by atoms with Crippen LogP contribution >= 0.6 is 11.6 Å². The third-order valence-corrected chi connectivity index (χ3v) is 3.28. The van der Waals surface area contributed by atoms with Gasteiger partial charge in [-0.3, -0.25) is 4.79 Å². The summed E-state index contributed by atoms with van der Waals surface area (Å²) in [5.41, 5.74) is 1.21. The molecule has 4 nitrogen and oxygen atoms in total. The molecule has 1 aromatic heterocycles. The van der Waals surface area contributed by atoms with Gasteiger partial charge in [-0.1, -0.05) is 0 Å².